The summed E-state index contributed by atoms with van der Waals surface area (Å²) in [6, 6.07) is 14.8. The van der Waals surface area contributed by atoms with E-state index in [0.717, 1.165) is 10.5 Å². The molecule has 1 aliphatic rings. The number of carbonyl (C=O) groups is 4. The van der Waals surface area contributed by atoms with Crippen LogP contribution in [-0.4, -0.2) is 61.4 Å². The lowest BCUT2D eigenvalue weighted by Crippen LogP contribution is -2.51. The summed E-state index contributed by atoms with van der Waals surface area (Å²) in [5.41, 5.74) is 1.42. The van der Waals surface area contributed by atoms with E-state index in [-0.39, 0.29) is 31.8 Å². The fraction of sp³-hybridized carbons (Fsp3) is 0.304. The van der Waals surface area contributed by atoms with Crippen LogP contribution in [0.25, 0.3) is 0 Å². The molecule has 0 saturated heterocycles. The van der Waals surface area contributed by atoms with Gasteiger partial charge < -0.3 is 15.4 Å². The van der Waals surface area contributed by atoms with Crippen molar-refractivity contribution in [2.75, 3.05) is 26.8 Å². The molecule has 1 atom stereocenters. The van der Waals surface area contributed by atoms with E-state index in [0.29, 0.717) is 17.7 Å². The van der Waals surface area contributed by atoms with Crippen molar-refractivity contribution in [2.24, 2.45) is 0 Å². The zero-order valence-electron chi connectivity index (χ0n) is 17.3. The van der Waals surface area contributed by atoms with Crippen molar-refractivity contribution in [1.29, 1.82) is 0 Å². The molecular formula is C23H25N3O5. The first-order chi connectivity index (χ1) is 15.0. The lowest BCUT2D eigenvalue weighted by Gasteiger charge is -2.25. The molecule has 0 radical (unpaired) electrons. The molecule has 2 aromatic rings. The van der Waals surface area contributed by atoms with E-state index in [1.54, 1.807) is 24.3 Å². The van der Waals surface area contributed by atoms with Crippen molar-refractivity contribution < 1.29 is 23.9 Å². The van der Waals surface area contributed by atoms with Crippen molar-refractivity contribution in [3.05, 3.63) is 71.3 Å². The number of methoxy groups -OCH3 is 1. The first-order valence-corrected chi connectivity index (χ1v) is 10.1. The molecule has 162 valence electrons. The molecular weight excluding hydrogens is 398 g/mol. The standard InChI is InChI=1S/C23H25N3O5/c1-31-14-11-20(27)24-12-13-25-21(28)19(15-16-7-3-2-4-8-16)26-22(29)17-9-5-6-10-18(17)23(26)30/h2-10,19H,11-15H2,1H3,(H,24,27)(H,25,28). The first kappa shape index (κ1) is 22.2. The lowest BCUT2D eigenvalue weighted by atomic mass is 10.0. The van der Waals surface area contributed by atoms with Gasteiger partial charge in [0.25, 0.3) is 11.8 Å². The van der Waals surface area contributed by atoms with Gasteiger partial charge in [-0.05, 0) is 17.7 Å². The van der Waals surface area contributed by atoms with Crippen LogP contribution >= 0.6 is 0 Å². The average molecular weight is 423 g/mol. The lowest BCUT2D eigenvalue weighted by molar-refractivity contribution is -0.125. The molecule has 3 rings (SSSR count). The maximum absolute atomic E-state index is 13.0. The third-order valence-corrected chi connectivity index (χ3v) is 4.99. The van der Waals surface area contributed by atoms with E-state index < -0.39 is 23.8 Å². The largest absolute Gasteiger partial charge is 0.384 e. The van der Waals surface area contributed by atoms with Crippen LogP contribution in [0.5, 0.6) is 0 Å². The van der Waals surface area contributed by atoms with Crippen LogP contribution in [0.15, 0.2) is 54.6 Å². The summed E-state index contributed by atoms with van der Waals surface area (Å²) in [4.78, 5) is 51.5. The number of imide groups is 1. The number of amides is 4. The van der Waals surface area contributed by atoms with Crippen LogP contribution < -0.4 is 10.6 Å². The van der Waals surface area contributed by atoms with Crippen molar-refractivity contribution in [1.82, 2.24) is 15.5 Å². The Balaban J connectivity index is 1.70. The Labute approximate surface area is 180 Å². The number of ether oxygens (including phenoxy) is 1. The summed E-state index contributed by atoms with van der Waals surface area (Å²) in [5, 5.41) is 5.41. The second-order valence-electron chi connectivity index (χ2n) is 7.12. The fourth-order valence-corrected chi connectivity index (χ4v) is 3.42. The van der Waals surface area contributed by atoms with Crippen molar-refractivity contribution >= 4 is 23.6 Å². The summed E-state index contributed by atoms with van der Waals surface area (Å²) in [6.45, 7) is 0.720. The van der Waals surface area contributed by atoms with Crippen molar-refractivity contribution in [3.63, 3.8) is 0 Å². The average Bonchev–Trinajstić information content (AvgIpc) is 3.04. The van der Waals surface area contributed by atoms with E-state index in [1.165, 1.54) is 7.11 Å². The highest BCUT2D eigenvalue weighted by Gasteiger charge is 2.42. The van der Waals surface area contributed by atoms with Gasteiger partial charge >= 0.3 is 0 Å². The minimum absolute atomic E-state index is 0.173. The van der Waals surface area contributed by atoms with Crippen LogP contribution in [0.3, 0.4) is 0 Å². The van der Waals surface area contributed by atoms with Gasteiger partial charge in [-0.15, -0.1) is 0 Å². The number of fused-ring (bicyclic) bond motifs is 1. The molecule has 0 saturated carbocycles. The predicted octanol–water partition coefficient (Wildman–Crippen LogP) is 1.16. The predicted molar refractivity (Wildman–Crippen MR) is 113 cm³/mol. The second kappa shape index (κ2) is 10.5. The molecule has 31 heavy (non-hydrogen) atoms. The highest BCUT2D eigenvalue weighted by atomic mass is 16.5. The third-order valence-electron chi connectivity index (χ3n) is 4.99. The zero-order chi connectivity index (χ0) is 22.2. The monoisotopic (exact) mass is 423 g/mol. The Bertz CT molecular complexity index is 926. The van der Waals surface area contributed by atoms with Crippen LogP contribution in [0.1, 0.15) is 32.7 Å². The minimum atomic E-state index is -1.00. The van der Waals surface area contributed by atoms with Crippen molar-refractivity contribution in [3.8, 4) is 0 Å². The summed E-state index contributed by atoms with van der Waals surface area (Å²) >= 11 is 0. The van der Waals surface area contributed by atoms with Gasteiger partial charge in [0.2, 0.25) is 11.8 Å². The smallest absolute Gasteiger partial charge is 0.262 e. The molecule has 4 amide bonds. The number of nitrogens with one attached hydrogen (secondary N) is 2. The van der Waals surface area contributed by atoms with Gasteiger partial charge in [0, 0.05) is 33.0 Å². The second-order valence-corrected chi connectivity index (χ2v) is 7.12. The molecule has 0 bridgehead atoms. The molecule has 0 spiro atoms. The number of hydrogen-bond acceptors (Lipinski definition) is 5. The van der Waals surface area contributed by atoms with Crippen LogP contribution in [-0.2, 0) is 20.7 Å². The quantitative estimate of drug-likeness (QED) is 0.441. The van der Waals surface area contributed by atoms with Gasteiger partial charge in [-0.1, -0.05) is 42.5 Å². The molecule has 1 aliphatic heterocycles. The number of rotatable bonds is 10. The highest BCUT2D eigenvalue weighted by molar-refractivity contribution is 6.22. The van der Waals surface area contributed by atoms with Crippen LogP contribution in [0, 0.1) is 0 Å². The van der Waals surface area contributed by atoms with Gasteiger partial charge in [0.15, 0.2) is 0 Å². The number of benzene rings is 2. The highest BCUT2D eigenvalue weighted by Crippen LogP contribution is 2.26. The van der Waals surface area contributed by atoms with Gasteiger partial charge in [-0.2, -0.15) is 0 Å². The van der Waals surface area contributed by atoms with E-state index in [4.69, 9.17) is 4.74 Å². The topological polar surface area (TPSA) is 105 Å². The first-order valence-electron chi connectivity index (χ1n) is 10.1. The molecule has 1 heterocycles. The number of nitrogens with zero attached hydrogens (tertiary/aromatic N) is 1. The van der Waals surface area contributed by atoms with Crippen LogP contribution in [0.2, 0.25) is 0 Å². The molecule has 1 unspecified atom stereocenters. The fourth-order valence-electron chi connectivity index (χ4n) is 3.42. The Morgan fingerprint density at radius 2 is 1.48 bits per heavy atom. The number of carbonyl (C=O) groups excluding carboxylic acids is 4. The normalized spacial score (nSPS) is 13.6. The number of hydrogen-bond donors (Lipinski definition) is 2. The maximum atomic E-state index is 13.0. The molecule has 8 nitrogen and oxygen atoms in total. The van der Waals surface area contributed by atoms with Gasteiger partial charge in [0.05, 0.1) is 17.7 Å². The summed E-state index contributed by atoms with van der Waals surface area (Å²) < 4.78 is 4.85. The minimum Gasteiger partial charge on any atom is -0.384 e. The Hall–Kier alpha value is -3.52. The molecule has 8 heteroatoms. The van der Waals surface area contributed by atoms with E-state index in [9.17, 15) is 19.2 Å². The molecule has 0 fully saturated rings. The Morgan fingerprint density at radius 3 is 2.10 bits per heavy atom. The van der Waals surface area contributed by atoms with Crippen LogP contribution in [0.4, 0.5) is 0 Å². The Morgan fingerprint density at radius 1 is 0.903 bits per heavy atom. The third kappa shape index (κ3) is 5.35. The van der Waals surface area contributed by atoms with E-state index >= 15 is 0 Å². The summed E-state index contributed by atoms with van der Waals surface area (Å²) in [5.74, 6) is -1.60. The molecule has 2 N–H and O–H groups in total. The molecule has 0 aliphatic carbocycles. The van der Waals surface area contributed by atoms with Gasteiger partial charge in [-0.3, -0.25) is 24.1 Å². The SMILES string of the molecule is COCCC(=O)NCCNC(=O)C(Cc1ccccc1)N1C(=O)c2ccccc2C1=O. The van der Waals surface area contributed by atoms with E-state index in [2.05, 4.69) is 10.6 Å². The van der Waals surface area contributed by atoms with Crippen molar-refractivity contribution in [2.45, 2.75) is 18.9 Å². The van der Waals surface area contributed by atoms with Gasteiger partial charge in [-0.25, -0.2) is 0 Å². The molecule has 0 aromatic heterocycles. The zero-order valence-corrected chi connectivity index (χ0v) is 17.3. The summed E-state index contributed by atoms with van der Waals surface area (Å²) in [7, 11) is 1.51. The Kier molecular flexibility index (Phi) is 7.50. The summed E-state index contributed by atoms with van der Waals surface area (Å²) in [6.07, 6.45) is 0.425. The van der Waals surface area contributed by atoms with Gasteiger partial charge in [0.1, 0.15) is 6.04 Å². The van der Waals surface area contributed by atoms with E-state index in [1.807, 2.05) is 30.3 Å². The maximum Gasteiger partial charge on any atom is 0.262 e. The molecule has 2 aromatic carbocycles.